The van der Waals surface area contributed by atoms with Gasteiger partial charge in [0.15, 0.2) is 0 Å². The zero-order valence-electron chi connectivity index (χ0n) is 12.6. The van der Waals surface area contributed by atoms with Crippen molar-refractivity contribution in [3.05, 3.63) is 48.3 Å². The van der Waals surface area contributed by atoms with E-state index in [2.05, 4.69) is 4.98 Å². The van der Waals surface area contributed by atoms with E-state index in [4.69, 9.17) is 15.2 Å². The van der Waals surface area contributed by atoms with E-state index in [-0.39, 0.29) is 11.8 Å². The minimum Gasteiger partial charge on any atom is -0.427 e. The van der Waals surface area contributed by atoms with Gasteiger partial charge in [0.1, 0.15) is 17.5 Å². The van der Waals surface area contributed by atoms with Crippen LogP contribution in [-0.2, 0) is 4.74 Å². The third-order valence-electron chi connectivity index (χ3n) is 3.55. The van der Waals surface area contributed by atoms with Gasteiger partial charge in [0, 0.05) is 17.6 Å². The number of pyridine rings is 1. The molecule has 3 rings (SSSR count). The molecule has 24 heavy (non-hydrogen) atoms. The molecule has 0 unspecified atom stereocenters. The van der Waals surface area contributed by atoms with Crippen molar-refractivity contribution in [3.8, 4) is 5.75 Å². The summed E-state index contributed by atoms with van der Waals surface area (Å²) in [5.41, 5.74) is 6.44. The summed E-state index contributed by atoms with van der Waals surface area (Å²) in [7, 11) is 0. The molecule has 1 fully saturated rings. The SMILES string of the molecule is Nc1ccc(OC(=O)OC2CN(c3ccnc(C(F)F)c3)C2)cc1. The molecule has 0 radical (unpaired) electrons. The molecule has 2 N–H and O–H groups in total. The van der Waals surface area contributed by atoms with E-state index in [9.17, 15) is 13.6 Å². The molecule has 126 valence electrons. The van der Waals surface area contributed by atoms with Gasteiger partial charge in [-0.15, -0.1) is 0 Å². The first kappa shape index (κ1) is 16.0. The Morgan fingerprint density at radius 3 is 2.62 bits per heavy atom. The van der Waals surface area contributed by atoms with Crippen LogP contribution in [0.2, 0.25) is 0 Å². The Morgan fingerprint density at radius 2 is 1.96 bits per heavy atom. The van der Waals surface area contributed by atoms with Crippen LogP contribution in [0.4, 0.5) is 25.0 Å². The second kappa shape index (κ2) is 6.69. The van der Waals surface area contributed by atoms with E-state index in [1.54, 1.807) is 30.3 Å². The minimum atomic E-state index is -2.62. The topological polar surface area (TPSA) is 77.7 Å². The number of benzene rings is 1. The van der Waals surface area contributed by atoms with Crippen LogP contribution in [0.5, 0.6) is 5.75 Å². The quantitative estimate of drug-likeness (QED) is 0.526. The molecule has 0 saturated carbocycles. The number of anilines is 2. The van der Waals surface area contributed by atoms with Gasteiger partial charge in [-0.25, -0.2) is 13.6 Å². The van der Waals surface area contributed by atoms with Crippen molar-refractivity contribution in [2.75, 3.05) is 23.7 Å². The lowest BCUT2D eigenvalue weighted by molar-refractivity contribution is 0.0458. The number of nitrogens with zero attached hydrogens (tertiary/aromatic N) is 2. The highest BCUT2D eigenvalue weighted by molar-refractivity contribution is 5.65. The molecular weight excluding hydrogens is 320 g/mol. The number of carbonyl (C=O) groups is 1. The highest BCUT2D eigenvalue weighted by Crippen LogP contribution is 2.26. The van der Waals surface area contributed by atoms with Gasteiger partial charge < -0.3 is 20.1 Å². The predicted octanol–water partition coefficient (Wildman–Crippen LogP) is 3.01. The predicted molar refractivity (Wildman–Crippen MR) is 83.2 cm³/mol. The van der Waals surface area contributed by atoms with Gasteiger partial charge in [0.05, 0.1) is 13.1 Å². The van der Waals surface area contributed by atoms with Crippen molar-refractivity contribution in [2.45, 2.75) is 12.5 Å². The fourth-order valence-electron chi connectivity index (χ4n) is 2.27. The monoisotopic (exact) mass is 335 g/mol. The van der Waals surface area contributed by atoms with Gasteiger partial charge in [0.2, 0.25) is 0 Å². The van der Waals surface area contributed by atoms with Gasteiger partial charge >= 0.3 is 6.16 Å². The largest absolute Gasteiger partial charge is 0.514 e. The van der Waals surface area contributed by atoms with Gasteiger partial charge in [-0.3, -0.25) is 4.98 Å². The van der Waals surface area contributed by atoms with Crippen LogP contribution in [0.15, 0.2) is 42.6 Å². The molecule has 1 saturated heterocycles. The molecule has 2 heterocycles. The molecule has 0 bridgehead atoms. The van der Waals surface area contributed by atoms with Crippen molar-refractivity contribution in [1.29, 1.82) is 0 Å². The van der Waals surface area contributed by atoms with Crippen molar-refractivity contribution in [1.82, 2.24) is 4.98 Å². The summed E-state index contributed by atoms with van der Waals surface area (Å²) in [5, 5.41) is 0. The molecular formula is C16H15F2N3O3. The average Bonchev–Trinajstić information content (AvgIpc) is 2.53. The maximum atomic E-state index is 12.6. The third-order valence-corrected chi connectivity index (χ3v) is 3.55. The fraction of sp³-hybridized carbons (Fsp3) is 0.250. The maximum Gasteiger partial charge on any atom is 0.514 e. The number of rotatable bonds is 4. The van der Waals surface area contributed by atoms with Crippen molar-refractivity contribution >= 4 is 17.5 Å². The molecule has 1 aromatic heterocycles. The molecule has 0 amide bonds. The first-order chi connectivity index (χ1) is 11.5. The summed E-state index contributed by atoms with van der Waals surface area (Å²) in [4.78, 5) is 17.1. The van der Waals surface area contributed by atoms with Crippen LogP contribution in [-0.4, -0.2) is 30.3 Å². The summed E-state index contributed by atoms with van der Waals surface area (Å²) in [6.45, 7) is 0.813. The van der Waals surface area contributed by atoms with Crippen molar-refractivity contribution in [2.24, 2.45) is 0 Å². The van der Waals surface area contributed by atoms with Crippen LogP contribution in [0, 0.1) is 0 Å². The molecule has 1 aliphatic heterocycles. The van der Waals surface area contributed by atoms with E-state index in [0.717, 1.165) is 0 Å². The number of halogens is 2. The van der Waals surface area contributed by atoms with E-state index >= 15 is 0 Å². The third kappa shape index (κ3) is 3.70. The zero-order chi connectivity index (χ0) is 17.1. The van der Waals surface area contributed by atoms with E-state index in [1.165, 1.54) is 12.3 Å². The lowest BCUT2D eigenvalue weighted by atomic mass is 10.1. The molecule has 6 nitrogen and oxygen atoms in total. The Kier molecular flexibility index (Phi) is 4.45. The van der Waals surface area contributed by atoms with Crippen LogP contribution in [0.1, 0.15) is 12.1 Å². The number of aromatic nitrogens is 1. The first-order valence-corrected chi connectivity index (χ1v) is 7.24. The molecule has 8 heteroatoms. The summed E-state index contributed by atoms with van der Waals surface area (Å²) >= 11 is 0. The number of hydrogen-bond acceptors (Lipinski definition) is 6. The summed E-state index contributed by atoms with van der Waals surface area (Å²) in [5.74, 6) is 0.334. The summed E-state index contributed by atoms with van der Waals surface area (Å²) in [6, 6.07) is 9.30. The van der Waals surface area contributed by atoms with Gasteiger partial charge in [-0.1, -0.05) is 0 Å². The summed E-state index contributed by atoms with van der Waals surface area (Å²) in [6.07, 6.45) is -2.45. The van der Waals surface area contributed by atoms with Gasteiger partial charge in [-0.05, 0) is 36.4 Å². The first-order valence-electron chi connectivity index (χ1n) is 7.24. The van der Waals surface area contributed by atoms with Gasteiger partial charge in [0.25, 0.3) is 6.43 Å². The van der Waals surface area contributed by atoms with E-state index in [1.807, 2.05) is 4.90 Å². The zero-order valence-corrected chi connectivity index (χ0v) is 12.6. The normalized spacial score (nSPS) is 14.4. The molecule has 0 aliphatic carbocycles. The van der Waals surface area contributed by atoms with Crippen LogP contribution >= 0.6 is 0 Å². The second-order valence-corrected chi connectivity index (χ2v) is 5.31. The van der Waals surface area contributed by atoms with E-state index < -0.39 is 12.6 Å². The number of carbonyl (C=O) groups excluding carboxylic acids is 1. The molecule has 0 atom stereocenters. The lowest BCUT2D eigenvalue weighted by Gasteiger charge is -2.39. The highest BCUT2D eigenvalue weighted by Gasteiger charge is 2.31. The standard InChI is InChI=1S/C16H15F2N3O3/c17-15(18)14-7-11(5-6-20-14)21-8-13(9-21)24-16(22)23-12-3-1-10(19)2-4-12/h1-7,13,15H,8-9,19H2. The molecule has 2 aromatic rings. The van der Waals surface area contributed by atoms with E-state index in [0.29, 0.717) is 30.2 Å². The Morgan fingerprint density at radius 1 is 1.25 bits per heavy atom. The van der Waals surface area contributed by atoms with Crippen molar-refractivity contribution in [3.63, 3.8) is 0 Å². The Balaban J connectivity index is 1.49. The van der Waals surface area contributed by atoms with Crippen molar-refractivity contribution < 1.29 is 23.0 Å². The average molecular weight is 335 g/mol. The molecule has 1 aromatic carbocycles. The number of alkyl halides is 2. The van der Waals surface area contributed by atoms with Crippen LogP contribution in [0.3, 0.4) is 0 Å². The number of hydrogen-bond donors (Lipinski definition) is 1. The number of ether oxygens (including phenoxy) is 2. The smallest absolute Gasteiger partial charge is 0.427 e. The van der Waals surface area contributed by atoms with Crippen LogP contribution < -0.4 is 15.4 Å². The summed E-state index contributed by atoms with van der Waals surface area (Å²) < 4.78 is 35.5. The number of nitrogens with two attached hydrogens (primary N) is 1. The second-order valence-electron chi connectivity index (χ2n) is 5.31. The Bertz CT molecular complexity index is 719. The fourth-order valence-corrected chi connectivity index (χ4v) is 2.27. The minimum absolute atomic E-state index is 0.278. The molecule has 1 aliphatic rings. The lowest BCUT2D eigenvalue weighted by Crippen LogP contribution is -2.53. The Hall–Kier alpha value is -2.90. The Labute approximate surface area is 136 Å². The van der Waals surface area contributed by atoms with Gasteiger partial charge in [-0.2, -0.15) is 0 Å². The highest BCUT2D eigenvalue weighted by atomic mass is 19.3. The number of nitrogen functional groups attached to an aromatic ring is 1. The molecule has 0 spiro atoms. The maximum absolute atomic E-state index is 12.6. The van der Waals surface area contributed by atoms with Crippen LogP contribution in [0.25, 0.3) is 0 Å².